The number of hydrogen-bond donors (Lipinski definition) is 1. The Kier molecular flexibility index (Phi) is 5.02. The molecule has 2 fully saturated rings. The summed E-state index contributed by atoms with van der Waals surface area (Å²) in [4.78, 5) is 12.3. The fourth-order valence-corrected chi connectivity index (χ4v) is 5.20. The third kappa shape index (κ3) is 3.93. The van der Waals surface area contributed by atoms with Crippen molar-refractivity contribution in [3.05, 3.63) is 24.3 Å². The SMILES string of the molecule is O=C(C[C@H]1CCCO1)Nc1ccc(S(=O)(=O)C2CCCC2)cc1. The second-order valence-corrected chi connectivity index (χ2v) is 8.59. The summed E-state index contributed by atoms with van der Waals surface area (Å²) in [5.74, 6) is -0.0942. The van der Waals surface area contributed by atoms with Crippen LogP contribution >= 0.6 is 0 Å². The van der Waals surface area contributed by atoms with Gasteiger partial charge in [-0.2, -0.15) is 0 Å². The van der Waals surface area contributed by atoms with Gasteiger partial charge in [-0.15, -0.1) is 0 Å². The molecule has 3 rings (SSSR count). The van der Waals surface area contributed by atoms with E-state index in [2.05, 4.69) is 5.32 Å². The van der Waals surface area contributed by atoms with Crippen LogP contribution in [0.1, 0.15) is 44.9 Å². The summed E-state index contributed by atoms with van der Waals surface area (Å²) in [6.45, 7) is 0.728. The lowest BCUT2D eigenvalue weighted by atomic mass is 10.2. The third-order valence-corrected chi connectivity index (χ3v) is 6.92. The molecule has 6 heteroatoms. The van der Waals surface area contributed by atoms with Gasteiger partial charge in [0.25, 0.3) is 0 Å². The van der Waals surface area contributed by atoms with Crippen LogP contribution in [0.3, 0.4) is 0 Å². The van der Waals surface area contributed by atoms with Crippen molar-refractivity contribution >= 4 is 21.4 Å². The van der Waals surface area contributed by atoms with Gasteiger partial charge < -0.3 is 10.1 Å². The number of sulfone groups is 1. The molecule has 2 aliphatic rings. The summed E-state index contributed by atoms with van der Waals surface area (Å²) in [5.41, 5.74) is 0.623. The van der Waals surface area contributed by atoms with Crippen molar-refractivity contribution in [3.63, 3.8) is 0 Å². The van der Waals surface area contributed by atoms with E-state index in [9.17, 15) is 13.2 Å². The summed E-state index contributed by atoms with van der Waals surface area (Å²) in [7, 11) is -3.24. The first-order valence-electron chi connectivity index (χ1n) is 8.31. The van der Waals surface area contributed by atoms with E-state index in [-0.39, 0.29) is 17.3 Å². The number of carbonyl (C=O) groups is 1. The molecular formula is C17H23NO4S. The summed E-state index contributed by atoms with van der Waals surface area (Å²) < 4.78 is 30.4. The summed E-state index contributed by atoms with van der Waals surface area (Å²) in [5, 5.41) is 2.56. The van der Waals surface area contributed by atoms with Crippen molar-refractivity contribution in [2.45, 2.75) is 61.2 Å². The molecule has 0 bridgehead atoms. The molecule has 1 N–H and O–H groups in total. The minimum absolute atomic E-state index is 0.0111. The van der Waals surface area contributed by atoms with E-state index in [1.807, 2.05) is 0 Å². The van der Waals surface area contributed by atoms with E-state index < -0.39 is 9.84 Å². The van der Waals surface area contributed by atoms with Gasteiger partial charge >= 0.3 is 0 Å². The minimum atomic E-state index is -3.24. The van der Waals surface area contributed by atoms with E-state index in [4.69, 9.17) is 4.74 Å². The quantitative estimate of drug-likeness (QED) is 0.896. The van der Waals surface area contributed by atoms with E-state index in [0.717, 1.165) is 45.1 Å². The lowest BCUT2D eigenvalue weighted by Gasteiger charge is -2.12. The van der Waals surface area contributed by atoms with Crippen LogP contribution in [0.4, 0.5) is 5.69 Å². The standard InChI is InChI=1S/C17H23NO4S/c19-17(12-14-4-3-11-22-14)18-13-7-9-16(10-8-13)23(20,21)15-5-1-2-6-15/h7-10,14-15H,1-6,11-12H2,(H,18,19)/t14-/m1/s1. The number of rotatable bonds is 5. The number of anilines is 1. The zero-order valence-corrected chi connectivity index (χ0v) is 14.0. The predicted octanol–water partition coefficient (Wildman–Crippen LogP) is 2.91. The minimum Gasteiger partial charge on any atom is -0.378 e. The number of ether oxygens (including phenoxy) is 1. The van der Waals surface area contributed by atoms with Gasteiger partial charge in [0.1, 0.15) is 0 Å². The highest BCUT2D eigenvalue weighted by molar-refractivity contribution is 7.92. The number of benzene rings is 1. The Morgan fingerprint density at radius 1 is 1.09 bits per heavy atom. The van der Waals surface area contributed by atoms with Crippen molar-refractivity contribution < 1.29 is 17.9 Å². The molecule has 1 saturated carbocycles. The van der Waals surface area contributed by atoms with Gasteiger partial charge in [-0.3, -0.25) is 4.79 Å². The Labute approximate surface area is 137 Å². The first-order valence-corrected chi connectivity index (χ1v) is 9.86. The molecule has 1 aliphatic heterocycles. The second-order valence-electron chi connectivity index (χ2n) is 6.36. The molecule has 0 radical (unpaired) electrons. The van der Waals surface area contributed by atoms with Crippen LogP contribution in [0.2, 0.25) is 0 Å². The molecule has 0 aromatic heterocycles. The van der Waals surface area contributed by atoms with E-state index in [1.54, 1.807) is 24.3 Å². The maximum absolute atomic E-state index is 12.5. The van der Waals surface area contributed by atoms with Crippen LogP contribution in [0.25, 0.3) is 0 Å². The first-order chi connectivity index (χ1) is 11.1. The van der Waals surface area contributed by atoms with E-state index in [1.165, 1.54) is 0 Å². The van der Waals surface area contributed by atoms with Gasteiger partial charge in [-0.05, 0) is 49.9 Å². The normalized spacial score (nSPS) is 22.3. The topological polar surface area (TPSA) is 72.5 Å². The number of carbonyl (C=O) groups excluding carboxylic acids is 1. The largest absolute Gasteiger partial charge is 0.378 e. The molecule has 1 aromatic rings. The third-order valence-electron chi connectivity index (χ3n) is 4.64. The zero-order valence-electron chi connectivity index (χ0n) is 13.2. The summed E-state index contributed by atoms with van der Waals surface area (Å²) in [6.07, 6.45) is 5.77. The number of amides is 1. The molecule has 1 aliphatic carbocycles. The van der Waals surface area contributed by atoms with Crippen LogP contribution in [0.5, 0.6) is 0 Å². The van der Waals surface area contributed by atoms with Crippen molar-refractivity contribution in [1.82, 2.24) is 0 Å². The Bertz CT molecular complexity index is 642. The van der Waals surface area contributed by atoms with Gasteiger partial charge in [-0.1, -0.05) is 12.8 Å². The second kappa shape index (κ2) is 7.01. The van der Waals surface area contributed by atoms with Gasteiger partial charge in [0.05, 0.1) is 22.7 Å². The summed E-state index contributed by atoms with van der Waals surface area (Å²) in [6, 6.07) is 6.51. The van der Waals surface area contributed by atoms with Gasteiger partial charge in [0, 0.05) is 12.3 Å². The Morgan fingerprint density at radius 3 is 2.39 bits per heavy atom. The number of nitrogens with one attached hydrogen (secondary N) is 1. The molecule has 126 valence electrons. The lowest BCUT2D eigenvalue weighted by Crippen LogP contribution is -2.20. The van der Waals surface area contributed by atoms with Gasteiger partial charge in [0.15, 0.2) is 9.84 Å². The average molecular weight is 337 g/mol. The van der Waals surface area contributed by atoms with Gasteiger partial charge in [0.2, 0.25) is 5.91 Å². The van der Waals surface area contributed by atoms with Crippen LogP contribution in [0, 0.1) is 0 Å². The highest BCUT2D eigenvalue weighted by Crippen LogP contribution is 2.30. The molecule has 1 atom stereocenters. The molecule has 1 heterocycles. The maximum atomic E-state index is 12.5. The molecule has 0 unspecified atom stereocenters. The van der Waals surface area contributed by atoms with E-state index in [0.29, 0.717) is 17.0 Å². The van der Waals surface area contributed by atoms with Gasteiger partial charge in [-0.25, -0.2) is 8.42 Å². The van der Waals surface area contributed by atoms with Crippen molar-refractivity contribution in [2.75, 3.05) is 11.9 Å². The fourth-order valence-electron chi connectivity index (χ4n) is 3.34. The molecule has 23 heavy (non-hydrogen) atoms. The highest BCUT2D eigenvalue weighted by atomic mass is 32.2. The molecule has 1 aromatic carbocycles. The summed E-state index contributed by atoms with van der Waals surface area (Å²) >= 11 is 0. The van der Waals surface area contributed by atoms with Crippen molar-refractivity contribution in [2.24, 2.45) is 0 Å². The average Bonchev–Trinajstić information content (AvgIpc) is 3.21. The van der Waals surface area contributed by atoms with E-state index >= 15 is 0 Å². The van der Waals surface area contributed by atoms with Crippen molar-refractivity contribution in [1.29, 1.82) is 0 Å². The van der Waals surface area contributed by atoms with Crippen LogP contribution in [0.15, 0.2) is 29.2 Å². The molecule has 0 spiro atoms. The first kappa shape index (κ1) is 16.5. The maximum Gasteiger partial charge on any atom is 0.226 e. The monoisotopic (exact) mass is 337 g/mol. The molecule has 1 amide bonds. The highest BCUT2D eigenvalue weighted by Gasteiger charge is 2.30. The fraction of sp³-hybridized carbons (Fsp3) is 0.588. The Hall–Kier alpha value is -1.40. The Balaban J connectivity index is 1.61. The molecule has 1 saturated heterocycles. The van der Waals surface area contributed by atoms with Crippen LogP contribution < -0.4 is 5.32 Å². The molecular weight excluding hydrogens is 314 g/mol. The Morgan fingerprint density at radius 2 is 1.78 bits per heavy atom. The van der Waals surface area contributed by atoms with Crippen molar-refractivity contribution in [3.8, 4) is 0 Å². The zero-order chi connectivity index (χ0) is 16.3. The smallest absolute Gasteiger partial charge is 0.226 e. The van der Waals surface area contributed by atoms with Crippen LogP contribution in [-0.2, 0) is 19.4 Å². The molecule has 5 nitrogen and oxygen atoms in total. The predicted molar refractivity (Wildman–Crippen MR) is 88.1 cm³/mol. The van der Waals surface area contributed by atoms with Crippen LogP contribution in [-0.4, -0.2) is 32.3 Å². The lowest BCUT2D eigenvalue weighted by molar-refractivity contribution is -0.118. The number of hydrogen-bond acceptors (Lipinski definition) is 4.